The van der Waals surface area contributed by atoms with Crippen molar-refractivity contribution in [3.8, 4) is 0 Å². The Morgan fingerprint density at radius 2 is 1.72 bits per heavy atom. The topological polar surface area (TPSA) is 92.3 Å². The molecule has 3 aromatic rings. The van der Waals surface area contributed by atoms with Crippen molar-refractivity contribution < 1.29 is 13.2 Å². The van der Waals surface area contributed by atoms with Gasteiger partial charge in [-0.2, -0.15) is 4.31 Å². The summed E-state index contributed by atoms with van der Waals surface area (Å²) in [6, 6.07) is 12.9. The van der Waals surface area contributed by atoms with Gasteiger partial charge in [0.25, 0.3) is 5.91 Å². The van der Waals surface area contributed by atoms with Gasteiger partial charge in [-0.05, 0) is 69.0 Å². The highest BCUT2D eigenvalue weighted by atomic mass is 32.2. The molecule has 1 aromatic heterocycles. The average molecular weight is 471 g/mol. The Kier molecular flexibility index (Phi) is 6.41. The van der Waals surface area contributed by atoms with E-state index in [0.717, 1.165) is 29.5 Å². The van der Waals surface area contributed by atoms with Gasteiger partial charge in [0.1, 0.15) is 5.01 Å². The monoisotopic (exact) mass is 470 g/mol. The molecule has 0 saturated carbocycles. The number of rotatable bonds is 5. The van der Waals surface area contributed by atoms with Gasteiger partial charge in [-0.15, -0.1) is 10.2 Å². The number of nitrogens with zero attached hydrogens (tertiary/aromatic N) is 3. The van der Waals surface area contributed by atoms with Gasteiger partial charge in [0, 0.05) is 24.7 Å². The van der Waals surface area contributed by atoms with Crippen LogP contribution in [0.3, 0.4) is 0 Å². The Bertz CT molecular complexity index is 1220. The number of anilines is 1. The molecule has 0 radical (unpaired) electrons. The van der Waals surface area contributed by atoms with Gasteiger partial charge in [-0.25, -0.2) is 8.42 Å². The minimum Gasteiger partial charge on any atom is -0.320 e. The Morgan fingerprint density at radius 1 is 1.03 bits per heavy atom. The third-order valence-corrected chi connectivity index (χ3v) is 8.44. The first-order valence-electron chi connectivity index (χ1n) is 10.5. The molecule has 1 atom stereocenters. The molecule has 0 bridgehead atoms. The van der Waals surface area contributed by atoms with Crippen LogP contribution in [0.5, 0.6) is 0 Å². The predicted octanol–water partition coefficient (Wildman–Crippen LogP) is 4.28. The van der Waals surface area contributed by atoms with E-state index in [2.05, 4.69) is 15.5 Å². The molecule has 9 heteroatoms. The fourth-order valence-electron chi connectivity index (χ4n) is 3.91. The van der Waals surface area contributed by atoms with E-state index >= 15 is 0 Å². The lowest BCUT2D eigenvalue weighted by Gasteiger charge is -2.30. The average Bonchev–Trinajstić information content (AvgIpc) is 3.25. The first kappa shape index (κ1) is 22.6. The number of carbonyl (C=O) groups is 1. The summed E-state index contributed by atoms with van der Waals surface area (Å²) < 4.78 is 28.0. The number of hydrogen-bond acceptors (Lipinski definition) is 6. The Labute approximate surface area is 192 Å². The second-order valence-corrected chi connectivity index (χ2v) is 11.2. The van der Waals surface area contributed by atoms with Crippen LogP contribution in [0.15, 0.2) is 47.4 Å². The molecule has 1 amide bonds. The zero-order valence-electron chi connectivity index (χ0n) is 18.3. The molecule has 1 aliphatic rings. The van der Waals surface area contributed by atoms with E-state index in [4.69, 9.17) is 0 Å². The molecule has 1 aliphatic heterocycles. The van der Waals surface area contributed by atoms with Crippen molar-refractivity contribution >= 4 is 33.0 Å². The van der Waals surface area contributed by atoms with E-state index in [9.17, 15) is 13.2 Å². The van der Waals surface area contributed by atoms with Crippen LogP contribution in [-0.4, -0.2) is 41.9 Å². The second-order valence-electron chi connectivity index (χ2n) is 8.29. The van der Waals surface area contributed by atoms with Crippen molar-refractivity contribution in [1.29, 1.82) is 0 Å². The summed E-state index contributed by atoms with van der Waals surface area (Å²) in [6.07, 6.45) is 1.55. The lowest BCUT2D eigenvalue weighted by atomic mass is 10.0. The van der Waals surface area contributed by atoms with Gasteiger partial charge < -0.3 is 5.32 Å². The number of sulfonamides is 1. The number of amides is 1. The van der Waals surface area contributed by atoms with E-state index in [1.165, 1.54) is 15.6 Å². The SMILES string of the molecule is Cc1ccc(NC(=O)c2nnc([C@@H]3CCCN(S(=O)(=O)c4cc(C)cc(C)c4)C3)s2)cc1. The van der Waals surface area contributed by atoms with Crippen molar-refractivity contribution in [2.75, 3.05) is 18.4 Å². The van der Waals surface area contributed by atoms with Crippen molar-refractivity contribution in [3.05, 3.63) is 69.2 Å². The van der Waals surface area contributed by atoms with Crippen LogP contribution >= 0.6 is 11.3 Å². The van der Waals surface area contributed by atoms with Gasteiger partial charge in [0.05, 0.1) is 4.90 Å². The Balaban J connectivity index is 1.48. The zero-order chi connectivity index (χ0) is 22.9. The minimum absolute atomic E-state index is 0.0807. The van der Waals surface area contributed by atoms with Crippen LogP contribution in [0.25, 0.3) is 0 Å². The fraction of sp³-hybridized carbons (Fsp3) is 0.348. The molecule has 2 heterocycles. The van der Waals surface area contributed by atoms with Crippen LogP contribution in [0.2, 0.25) is 0 Å². The van der Waals surface area contributed by atoms with E-state index in [1.54, 1.807) is 12.1 Å². The summed E-state index contributed by atoms with van der Waals surface area (Å²) in [7, 11) is -3.59. The third-order valence-electron chi connectivity index (χ3n) is 5.51. The van der Waals surface area contributed by atoms with Gasteiger partial charge in [0.15, 0.2) is 0 Å². The van der Waals surface area contributed by atoms with E-state index in [1.807, 2.05) is 51.1 Å². The molecule has 168 valence electrons. The summed E-state index contributed by atoms with van der Waals surface area (Å²) in [5, 5.41) is 12.1. The van der Waals surface area contributed by atoms with Crippen LogP contribution < -0.4 is 5.32 Å². The van der Waals surface area contributed by atoms with Gasteiger partial charge in [-0.3, -0.25) is 4.79 Å². The van der Waals surface area contributed by atoms with E-state index in [-0.39, 0.29) is 16.8 Å². The zero-order valence-corrected chi connectivity index (χ0v) is 20.0. The lowest BCUT2D eigenvalue weighted by Crippen LogP contribution is -2.39. The van der Waals surface area contributed by atoms with E-state index < -0.39 is 10.0 Å². The van der Waals surface area contributed by atoms with Gasteiger partial charge in [-0.1, -0.05) is 35.1 Å². The molecular formula is C23H26N4O3S2. The normalized spacial score (nSPS) is 17.3. The molecule has 7 nitrogen and oxygen atoms in total. The van der Waals surface area contributed by atoms with Gasteiger partial charge in [0.2, 0.25) is 15.0 Å². The molecule has 4 rings (SSSR count). The van der Waals surface area contributed by atoms with Gasteiger partial charge >= 0.3 is 0 Å². The number of carbonyl (C=O) groups excluding carboxylic acids is 1. The molecule has 1 saturated heterocycles. The number of benzene rings is 2. The third kappa shape index (κ3) is 4.90. The fourth-order valence-corrected chi connectivity index (χ4v) is 6.48. The van der Waals surface area contributed by atoms with Crippen LogP contribution in [0.1, 0.15) is 50.3 Å². The smallest absolute Gasteiger partial charge is 0.286 e. The number of hydrogen-bond donors (Lipinski definition) is 1. The first-order chi connectivity index (χ1) is 15.2. The molecule has 1 fully saturated rings. The minimum atomic E-state index is -3.59. The number of aromatic nitrogens is 2. The first-order valence-corrected chi connectivity index (χ1v) is 12.8. The summed E-state index contributed by atoms with van der Waals surface area (Å²) in [5.41, 5.74) is 3.65. The van der Waals surface area contributed by atoms with Crippen LogP contribution in [-0.2, 0) is 10.0 Å². The molecule has 2 aromatic carbocycles. The molecule has 32 heavy (non-hydrogen) atoms. The van der Waals surface area contributed by atoms with Crippen molar-refractivity contribution in [1.82, 2.24) is 14.5 Å². The number of piperidine rings is 1. The molecule has 0 spiro atoms. The molecule has 0 unspecified atom stereocenters. The Hall–Kier alpha value is -2.62. The highest BCUT2D eigenvalue weighted by Crippen LogP contribution is 2.32. The number of aryl methyl sites for hydroxylation is 3. The van der Waals surface area contributed by atoms with Crippen LogP contribution in [0, 0.1) is 20.8 Å². The van der Waals surface area contributed by atoms with Crippen molar-refractivity contribution in [3.63, 3.8) is 0 Å². The number of nitrogens with one attached hydrogen (secondary N) is 1. The predicted molar refractivity (Wildman–Crippen MR) is 126 cm³/mol. The second kappa shape index (κ2) is 9.09. The maximum absolute atomic E-state index is 13.2. The summed E-state index contributed by atoms with van der Waals surface area (Å²) in [4.78, 5) is 12.9. The summed E-state index contributed by atoms with van der Waals surface area (Å²) in [6.45, 7) is 6.59. The standard InChI is InChI=1S/C23H26N4O3S2/c1-15-6-8-19(9-7-15)24-21(28)23-26-25-22(31-23)18-5-4-10-27(14-18)32(29,30)20-12-16(2)11-17(3)13-20/h6-9,11-13,18H,4-5,10,14H2,1-3H3,(H,24,28)/t18-/m1/s1. The largest absolute Gasteiger partial charge is 0.320 e. The van der Waals surface area contributed by atoms with Crippen LogP contribution in [0.4, 0.5) is 5.69 Å². The molecule has 1 N–H and O–H groups in total. The van der Waals surface area contributed by atoms with Crippen molar-refractivity contribution in [2.45, 2.75) is 44.4 Å². The molecular weight excluding hydrogens is 444 g/mol. The highest BCUT2D eigenvalue weighted by molar-refractivity contribution is 7.89. The summed E-state index contributed by atoms with van der Waals surface area (Å²) >= 11 is 1.23. The lowest BCUT2D eigenvalue weighted by molar-refractivity contribution is 0.102. The Morgan fingerprint density at radius 3 is 2.41 bits per heavy atom. The molecule has 0 aliphatic carbocycles. The maximum Gasteiger partial charge on any atom is 0.286 e. The maximum atomic E-state index is 13.2. The quantitative estimate of drug-likeness (QED) is 0.601. The summed E-state index contributed by atoms with van der Waals surface area (Å²) in [5.74, 6) is -0.393. The van der Waals surface area contributed by atoms with E-state index in [0.29, 0.717) is 28.7 Å². The van der Waals surface area contributed by atoms with Crippen molar-refractivity contribution in [2.24, 2.45) is 0 Å². The highest BCUT2D eigenvalue weighted by Gasteiger charge is 2.33.